The lowest BCUT2D eigenvalue weighted by atomic mass is 10.3. The average molecular weight is 212 g/mol. The third-order valence-electron chi connectivity index (χ3n) is 1.76. The molecule has 0 fully saturated rings. The fourth-order valence-electron chi connectivity index (χ4n) is 1.00. The molecule has 0 aliphatic rings. The number of ether oxygens (including phenoxy) is 2. The number of aliphatic hydroxyl groups excluding tert-OH is 1. The van der Waals surface area contributed by atoms with Gasteiger partial charge < -0.3 is 19.7 Å². The zero-order chi connectivity index (χ0) is 11.3. The maximum absolute atomic E-state index is 10.6. The van der Waals surface area contributed by atoms with Gasteiger partial charge in [-0.15, -0.1) is 0 Å². The summed E-state index contributed by atoms with van der Waals surface area (Å²) >= 11 is 0. The lowest BCUT2D eigenvalue weighted by molar-refractivity contribution is -0.146. The van der Waals surface area contributed by atoms with Gasteiger partial charge in [0.25, 0.3) is 0 Å². The Balaban J connectivity index is 2.74. The molecule has 0 saturated carbocycles. The van der Waals surface area contributed by atoms with Crippen molar-refractivity contribution in [3.63, 3.8) is 0 Å². The zero-order valence-electron chi connectivity index (χ0n) is 8.21. The van der Waals surface area contributed by atoms with Crippen molar-refractivity contribution in [2.45, 2.75) is 6.10 Å². The Kier molecular flexibility index (Phi) is 3.93. The smallest absolute Gasteiger partial charge is 0.347 e. The summed E-state index contributed by atoms with van der Waals surface area (Å²) < 4.78 is 9.98. The van der Waals surface area contributed by atoms with E-state index >= 15 is 0 Å². The first-order valence-electron chi connectivity index (χ1n) is 4.31. The van der Waals surface area contributed by atoms with E-state index in [1.807, 2.05) is 0 Å². The van der Waals surface area contributed by atoms with Crippen LogP contribution in [0, 0.1) is 0 Å². The van der Waals surface area contributed by atoms with E-state index in [1.54, 1.807) is 24.3 Å². The van der Waals surface area contributed by atoms with Crippen LogP contribution in [0.4, 0.5) is 0 Å². The molecular weight excluding hydrogens is 200 g/mol. The summed E-state index contributed by atoms with van der Waals surface area (Å²) in [5.74, 6) is -0.300. The Bertz CT molecular complexity index is 336. The molecule has 0 amide bonds. The van der Waals surface area contributed by atoms with Gasteiger partial charge in [0.15, 0.2) is 0 Å². The SMILES string of the molecule is COc1cccc(OC(CO)C(=O)O)c1. The maximum Gasteiger partial charge on any atom is 0.347 e. The van der Waals surface area contributed by atoms with Gasteiger partial charge >= 0.3 is 5.97 Å². The normalized spacial score (nSPS) is 11.9. The molecule has 1 rings (SSSR count). The summed E-state index contributed by atoms with van der Waals surface area (Å²) in [6.07, 6.45) is -1.25. The number of hydrogen-bond acceptors (Lipinski definition) is 4. The van der Waals surface area contributed by atoms with Gasteiger partial charge in [-0.2, -0.15) is 0 Å². The highest BCUT2D eigenvalue weighted by atomic mass is 16.5. The Morgan fingerprint density at radius 2 is 2.13 bits per heavy atom. The van der Waals surface area contributed by atoms with Gasteiger partial charge in [0, 0.05) is 6.07 Å². The maximum atomic E-state index is 10.6. The molecule has 0 saturated heterocycles. The molecule has 1 aromatic rings. The van der Waals surface area contributed by atoms with Crippen LogP contribution < -0.4 is 9.47 Å². The molecule has 82 valence electrons. The van der Waals surface area contributed by atoms with Gasteiger partial charge in [0.05, 0.1) is 13.7 Å². The molecule has 2 N–H and O–H groups in total. The molecule has 1 unspecified atom stereocenters. The standard InChI is InChI=1S/C10H12O5/c1-14-7-3-2-4-8(5-7)15-9(6-11)10(12)13/h2-5,9,11H,6H2,1H3,(H,12,13). The van der Waals surface area contributed by atoms with Gasteiger partial charge in [-0.25, -0.2) is 4.79 Å². The number of hydrogen-bond donors (Lipinski definition) is 2. The Morgan fingerprint density at radius 3 is 2.67 bits per heavy atom. The second-order valence-electron chi connectivity index (χ2n) is 2.81. The molecule has 15 heavy (non-hydrogen) atoms. The molecular formula is C10H12O5. The third kappa shape index (κ3) is 3.14. The highest BCUT2D eigenvalue weighted by Gasteiger charge is 2.17. The molecule has 0 bridgehead atoms. The summed E-state index contributed by atoms with van der Waals surface area (Å²) in [6.45, 7) is -0.577. The second-order valence-corrected chi connectivity index (χ2v) is 2.81. The minimum atomic E-state index is -1.25. The Hall–Kier alpha value is -1.75. The van der Waals surface area contributed by atoms with E-state index in [2.05, 4.69) is 0 Å². The molecule has 0 heterocycles. The van der Waals surface area contributed by atoms with E-state index in [-0.39, 0.29) is 0 Å². The number of carbonyl (C=O) groups is 1. The monoisotopic (exact) mass is 212 g/mol. The second kappa shape index (κ2) is 5.21. The summed E-state index contributed by atoms with van der Waals surface area (Å²) in [4.78, 5) is 10.6. The molecule has 1 aromatic carbocycles. The molecule has 0 aliphatic carbocycles. The first-order valence-corrected chi connectivity index (χ1v) is 4.31. The van der Waals surface area contributed by atoms with Crippen molar-refractivity contribution in [1.29, 1.82) is 0 Å². The highest BCUT2D eigenvalue weighted by molar-refractivity contribution is 5.72. The largest absolute Gasteiger partial charge is 0.497 e. The average Bonchev–Trinajstić information content (AvgIpc) is 2.25. The van der Waals surface area contributed by atoms with Crippen LogP contribution in [0.5, 0.6) is 11.5 Å². The molecule has 0 aliphatic heterocycles. The van der Waals surface area contributed by atoms with Gasteiger partial charge in [0.1, 0.15) is 11.5 Å². The van der Waals surface area contributed by atoms with Crippen molar-refractivity contribution >= 4 is 5.97 Å². The number of benzene rings is 1. The third-order valence-corrected chi connectivity index (χ3v) is 1.76. The van der Waals surface area contributed by atoms with E-state index in [4.69, 9.17) is 19.7 Å². The molecule has 0 spiro atoms. The first kappa shape index (κ1) is 11.3. The van der Waals surface area contributed by atoms with Crippen molar-refractivity contribution in [2.75, 3.05) is 13.7 Å². The summed E-state index contributed by atoms with van der Waals surface area (Å²) in [7, 11) is 1.50. The first-order chi connectivity index (χ1) is 7.17. The molecule has 5 nitrogen and oxygen atoms in total. The van der Waals surface area contributed by atoms with Crippen LogP contribution in [-0.4, -0.2) is 36.0 Å². The van der Waals surface area contributed by atoms with E-state index in [0.717, 1.165) is 0 Å². The van der Waals surface area contributed by atoms with Crippen LogP contribution >= 0.6 is 0 Å². The lowest BCUT2D eigenvalue weighted by Gasteiger charge is -2.12. The fraction of sp³-hybridized carbons (Fsp3) is 0.300. The summed E-state index contributed by atoms with van der Waals surface area (Å²) in [5, 5.41) is 17.4. The van der Waals surface area contributed by atoms with E-state index in [0.29, 0.717) is 11.5 Å². The molecule has 0 radical (unpaired) electrons. The topological polar surface area (TPSA) is 76.0 Å². The minimum Gasteiger partial charge on any atom is -0.497 e. The molecule has 1 atom stereocenters. The van der Waals surface area contributed by atoms with Crippen LogP contribution in [0.2, 0.25) is 0 Å². The number of carboxylic acid groups (broad SMARTS) is 1. The number of carboxylic acids is 1. The lowest BCUT2D eigenvalue weighted by Crippen LogP contribution is -2.30. The number of methoxy groups -OCH3 is 1. The van der Waals surface area contributed by atoms with Crippen molar-refractivity contribution < 1.29 is 24.5 Å². The van der Waals surface area contributed by atoms with Crippen molar-refractivity contribution in [3.05, 3.63) is 24.3 Å². The Labute approximate surface area is 86.9 Å². The van der Waals surface area contributed by atoms with Crippen molar-refractivity contribution in [1.82, 2.24) is 0 Å². The van der Waals surface area contributed by atoms with Crippen LogP contribution in [-0.2, 0) is 4.79 Å². The molecule has 5 heteroatoms. The Morgan fingerprint density at radius 1 is 1.47 bits per heavy atom. The van der Waals surface area contributed by atoms with Crippen LogP contribution in [0.25, 0.3) is 0 Å². The van der Waals surface area contributed by atoms with E-state index in [9.17, 15) is 4.79 Å². The minimum absolute atomic E-state index is 0.343. The van der Waals surface area contributed by atoms with E-state index < -0.39 is 18.7 Å². The van der Waals surface area contributed by atoms with E-state index in [1.165, 1.54) is 7.11 Å². The zero-order valence-corrected chi connectivity index (χ0v) is 8.21. The summed E-state index contributed by atoms with van der Waals surface area (Å²) in [5.41, 5.74) is 0. The van der Waals surface area contributed by atoms with Gasteiger partial charge in [-0.3, -0.25) is 0 Å². The van der Waals surface area contributed by atoms with Crippen LogP contribution in [0.1, 0.15) is 0 Å². The van der Waals surface area contributed by atoms with Gasteiger partial charge in [-0.1, -0.05) is 6.07 Å². The number of rotatable bonds is 5. The van der Waals surface area contributed by atoms with Crippen molar-refractivity contribution in [2.24, 2.45) is 0 Å². The number of aliphatic hydroxyl groups is 1. The summed E-state index contributed by atoms with van der Waals surface area (Å²) in [6, 6.07) is 6.52. The number of aliphatic carboxylic acids is 1. The predicted molar refractivity (Wildman–Crippen MR) is 52.1 cm³/mol. The predicted octanol–water partition coefficient (Wildman–Crippen LogP) is 0.519. The van der Waals surface area contributed by atoms with Gasteiger partial charge in [-0.05, 0) is 12.1 Å². The quantitative estimate of drug-likeness (QED) is 0.744. The molecule has 0 aromatic heterocycles. The van der Waals surface area contributed by atoms with Crippen molar-refractivity contribution in [3.8, 4) is 11.5 Å². The fourth-order valence-corrected chi connectivity index (χ4v) is 1.00. The van der Waals surface area contributed by atoms with Crippen LogP contribution in [0.3, 0.4) is 0 Å². The highest BCUT2D eigenvalue weighted by Crippen LogP contribution is 2.19. The van der Waals surface area contributed by atoms with Crippen LogP contribution in [0.15, 0.2) is 24.3 Å². The van der Waals surface area contributed by atoms with Gasteiger partial charge in [0.2, 0.25) is 6.10 Å².